The topological polar surface area (TPSA) is 38.0 Å². The van der Waals surface area contributed by atoms with Crippen LogP contribution in [0.4, 0.5) is 0 Å². The molecule has 2 unspecified atom stereocenters. The summed E-state index contributed by atoms with van der Waals surface area (Å²) in [5.74, 6) is 6.34. The van der Waals surface area contributed by atoms with E-state index in [2.05, 4.69) is 36.3 Å². The van der Waals surface area contributed by atoms with E-state index in [4.69, 9.17) is 5.84 Å². The van der Waals surface area contributed by atoms with Crippen molar-refractivity contribution < 1.29 is 0 Å². The van der Waals surface area contributed by atoms with Crippen LogP contribution >= 0.6 is 0 Å². The van der Waals surface area contributed by atoms with Crippen LogP contribution in [-0.2, 0) is 12.8 Å². The molecule has 92 valence electrons. The van der Waals surface area contributed by atoms with Gasteiger partial charge in [-0.15, -0.1) is 6.58 Å². The molecule has 1 aromatic rings. The molecule has 0 amide bonds. The Morgan fingerprint density at radius 1 is 1.41 bits per heavy atom. The lowest BCUT2D eigenvalue weighted by molar-refractivity contribution is 0.309. The fourth-order valence-electron chi connectivity index (χ4n) is 2.82. The maximum absolute atomic E-state index is 5.68. The first-order valence-corrected chi connectivity index (χ1v) is 6.49. The number of nitrogens with one attached hydrogen (secondary N) is 1. The Balaban J connectivity index is 2.02. The van der Waals surface area contributed by atoms with Gasteiger partial charge >= 0.3 is 0 Å². The zero-order chi connectivity index (χ0) is 12.1. The third-order valence-electron chi connectivity index (χ3n) is 3.85. The molecule has 0 aliphatic heterocycles. The fraction of sp³-hybridized carbons (Fsp3) is 0.467. The second-order valence-corrected chi connectivity index (χ2v) is 4.91. The minimum Gasteiger partial charge on any atom is -0.271 e. The summed E-state index contributed by atoms with van der Waals surface area (Å²) in [6.07, 6.45) is 7.68. The largest absolute Gasteiger partial charge is 0.271 e. The maximum atomic E-state index is 5.68. The van der Waals surface area contributed by atoms with Crippen LogP contribution in [0.1, 0.15) is 30.4 Å². The Bertz CT molecular complexity index is 373. The molecular formula is C15H22N2. The minimum absolute atomic E-state index is 0.418. The minimum atomic E-state index is 0.418. The molecule has 0 radical (unpaired) electrons. The van der Waals surface area contributed by atoms with Crippen LogP contribution in [-0.4, -0.2) is 6.04 Å². The molecule has 0 saturated heterocycles. The average molecular weight is 230 g/mol. The monoisotopic (exact) mass is 230 g/mol. The SMILES string of the molecule is C=CCCC(NN)C1CCc2ccccc2C1. The number of hydrazine groups is 1. The highest BCUT2D eigenvalue weighted by Gasteiger charge is 2.24. The standard InChI is InChI=1S/C15H22N2/c1-2-3-8-15(17-16)14-10-9-12-6-4-5-7-13(12)11-14/h2,4-7,14-15,17H,1,3,8-11,16H2. The van der Waals surface area contributed by atoms with Gasteiger partial charge in [0.1, 0.15) is 0 Å². The Morgan fingerprint density at radius 2 is 2.18 bits per heavy atom. The van der Waals surface area contributed by atoms with Crippen molar-refractivity contribution in [3.05, 3.63) is 48.0 Å². The van der Waals surface area contributed by atoms with Gasteiger partial charge in [0.15, 0.2) is 0 Å². The van der Waals surface area contributed by atoms with Gasteiger partial charge in [-0.1, -0.05) is 30.3 Å². The smallest absolute Gasteiger partial charge is 0.0245 e. The number of aryl methyl sites for hydroxylation is 1. The number of fused-ring (bicyclic) bond motifs is 1. The van der Waals surface area contributed by atoms with E-state index in [0.29, 0.717) is 12.0 Å². The molecule has 1 aromatic carbocycles. The summed E-state index contributed by atoms with van der Waals surface area (Å²) in [7, 11) is 0. The lowest BCUT2D eigenvalue weighted by Crippen LogP contribution is -2.42. The second-order valence-electron chi connectivity index (χ2n) is 4.91. The zero-order valence-corrected chi connectivity index (χ0v) is 10.4. The van der Waals surface area contributed by atoms with Crippen LogP contribution in [0.5, 0.6) is 0 Å². The molecule has 1 aliphatic carbocycles. The lowest BCUT2D eigenvalue weighted by atomic mass is 9.79. The summed E-state index contributed by atoms with van der Waals surface area (Å²) in [5, 5.41) is 0. The normalized spacial score (nSPS) is 20.6. The summed E-state index contributed by atoms with van der Waals surface area (Å²) in [6.45, 7) is 3.78. The van der Waals surface area contributed by atoms with E-state index in [0.717, 1.165) is 19.3 Å². The maximum Gasteiger partial charge on any atom is 0.0245 e. The summed E-state index contributed by atoms with van der Waals surface area (Å²) >= 11 is 0. The van der Waals surface area contributed by atoms with Gasteiger partial charge in [0, 0.05) is 6.04 Å². The van der Waals surface area contributed by atoms with Crippen LogP contribution in [0.3, 0.4) is 0 Å². The highest BCUT2D eigenvalue weighted by atomic mass is 15.2. The third-order valence-corrected chi connectivity index (χ3v) is 3.85. The third kappa shape index (κ3) is 2.96. The molecule has 0 bridgehead atoms. The van der Waals surface area contributed by atoms with Crippen molar-refractivity contribution in [2.24, 2.45) is 11.8 Å². The Kier molecular flexibility index (Phi) is 4.35. The first kappa shape index (κ1) is 12.3. The molecule has 3 N–H and O–H groups in total. The highest BCUT2D eigenvalue weighted by Crippen LogP contribution is 2.28. The van der Waals surface area contributed by atoms with Crippen molar-refractivity contribution in [3.8, 4) is 0 Å². The molecule has 1 aliphatic rings. The van der Waals surface area contributed by atoms with E-state index in [1.807, 2.05) is 6.08 Å². The van der Waals surface area contributed by atoms with Crippen molar-refractivity contribution in [1.29, 1.82) is 0 Å². The lowest BCUT2D eigenvalue weighted by Gasteiger charge is -2.31. The molecule has 2 heteroatoms. The van der Waals surface area contributed by atoms with E-state index < -0.39 is 0 Å². The number of hydrogen-bond acceptors (Lipinski definition) is 2. The molecule has 0 heterocycles. The first-order chi connectivity index (χ1) is 8.35. The fourth-order valence-corrected chi connectivity index (χ4v) is 2.82. The van der Waals surface area contributed by atoms with Crippen LogP contribution in [0, 0.1) is 5.92 Å². The van der Waals surface area contributed by atoms with Gasteiger partial charge in [-0.2, -0.15) is 0 Å². The summed E-state index contributed by atoms with van der Waals surface area (Å²) in [4.78, 5) is 0. The van der Waals surface area contributed by atoms with Crippen molar-refractivity contribution in [2.75, 3.05) is 0 Å². The van der Waals surface area contributed by atoms with Gasteiger partial charge < -0.3 is 0 Å². The Morgan fingerprint density at radius 3 is 2.88 bits per heavy atom. The van der Waals surface area contributed by atoms with Crippen molar-refractivity contribution >= 4 is 0 Å². The number of allylic oxidation sites excluding steroid dienone is 1. The van der Waals surface area contributed by atoms with Gasteiger partial charge in [0.2, 0.25) is 0 Å². The van der Waals surface area contributed by atoms with E-state index >= 15 is 0 Å². The van der Waals surface area contributed by atoms with E-state index in [-0.39, 0.29) is 0 Å². The van der Waals surface area contributed by atoms with E-state index in [1.54, 1.807) is 0 Å². The molecule has 0 aromatic heterocycles. The average Bonchev–Trinajstić information content (AvgIpc) is 2.39. The molecule has 17 heavy (non-hydrogen) atoms. The van der Waals surface area contributed by atoms with Crippen LogP contribution in [0.25, 0.3) is 0 Å². The zero-order valence-electron chi connectivity index (χ0n) is 10.4. The quantitative estimate of drug-likeness (QED) is 0.463. The molecule has 2 atom stereocenters. The summed E-state index contributed by atoms with van der Waals surface area (Å²) in [6, 6.07) is 9.19. The Labute approximate surface area is 104 Å². The van der Waals surface area contributed by atoms with Crippen LogP contribution in [0.15, 0.2) is 36.9 Å². The number of rotatable bonds is 5. The van der Waals surface area contributed by atoms with Crippen LogP contribution < -0.4 is 11.3 Å². The number of benzene rings is 1. The molecule has 0 saturated carbocycles. The molecular weight excluding hydrogens is 208 g/mol. The van der Waals surface area contributed by atoms with Gasteiger partial charge in [0.25, 0.3) is 0 Å². The summed E-state index contributed by atoms with van der Waals surface area (Å²) < 4.78 is 0. The highest BCUT2D eigenvalue weighted by molar-refractivity contribution is 5.29. The number of nitrogens with two attached hydrogens (primary N) is 1. The predicted molar refractivity (Wildman–Crippen MR) is 72.5 cm³/mol. The molecule has 2 rings (SSSR count). The summed E-state index contributed by atoms with van der Waals surface area (Å²) in [5.41, 5.74) is 6.01. The van der Waals surface area contributed by atoms with Gasteiger partial charge in [-0.25, -0.2) is 0 Å². The van der Waals surface area contributed by atoms with E-state index in [9.17, 15) is 0 Å². The Hall–Kier alpha value is -1.12. The molecule has 0 fully saturated rings. The van der Waals surface area contributed by atoms with Crippen LogP contribution in [0.2, 0.25) is 0 Å². The number of hydrogen-bond donors (Lipinski definition) is 2. The van der Waals surface area contributed by atoms with Gasteiger partial charge in [-0.05, 0) is 49.1 Å². The van der Waals surface area contributed by atoms with E-state index in [1.165, 1.54) is 24.0 Å². The van der Waals surface area contributed by atoms with Crippen molar-refractivity contribution in [2.45, 2.75) is 38.1 Å². The first-order valence-electron chi connectivity index (χ1n) is 6.49. The molecule has 2 nitrogen and oxygen atoms in total. The molecule has 0 spiro atoms. The second kappa shape index (κ2) is 5.99. The van der Waals surface area contributed by atoms with Gasteiger partial charge in [-0.3, -0.25) is 11.3 Å². The van der Waals surface area contributed by atoms with Crippen molar-refractivity contribution in [3.63, 3.8) is 0 Å². The predicted octanol–water partition coefficient (Wildman–Crippen LogP) is 2.59. The van der Waals surface area contributed by atoms with Crippen molar-refractivity contribution in [1.82, 2.24) is 5.43 Å². The van der Waals surface area contributed by atoms with Gasteiger partial charge in [0.05, 0.1) is 0 Å².